The Hall–Kier alpha value is -3.12. The van der Waals surface area contributed by atoms with E-state index in [2.05, 4.69) is 5.32 Å². The Balaban J connectivity index is 1.99. The Labute approximate surface area is 255 Å². The summed E-state index contributed by atoms with van der Waals surface area (Å²) in [5.41, 5.74) is -4.15. The molecule has 1 amide bonds. The fourth-order valence-corrected chi connectivity index (χ4v) is 4.81. The van der Waals surface area contributed by atoms with Crippen LogP contribution < -0.4 is 14.8 Å². The summed E-state index contributed by atoms with van der Waals surface area (Å²) in [6.45, 7) is 10.3. The van der Waals surface area contributed by atoms with Crippen molar-refractivity contribution >= 4 is 23.8 Å². The van der Waals surface area contributed by atoms with Gasteiger partial charge in [-0.3, -0.25) is 0 Å². The normalized spacial score (nSPS) is 14.3. The number of alkyl halides is 3. The van der Waals surface area contributed by atoms with Gasteiger partial charge in [0.1, 0.15) is 35.3 Å². The molecule has 2 N–H and O–H groups in total. The first-order chi connectivity index (χ1) is 19.8. The van der Waals surface area contributed by atoms with Crippen molar-refractivity contribution in [3.63, 3.8) is 0 Å². The van der Waals surface area contributed by atoms with E-state index in [9.17, 15) is 27.9 Å². The molecule has 8 nitrogen and oxygen atoms in total. The third-order valence-corrected chi connectivity index (χ3v) is 6.92. The maximum absolute atomic E-state index is 14.1. The van der Waals surface area contributed by atoms with Gasteiger partial charge in [0.2, 0.25) is 0 Å². The van der Waals surface area contributed by atoms with Crippen molar-refractivity contribution in [2.24, 2.45) is 0 Å². The molecule has 0 aliphatic rings. The van der Waals surface area contributed by atoms with E-state index in [-0.39, 0.29) is 30.1 Å². The number of hydrogen-bond donors (Lipinski definition) is 2. The monoisotopic (exact) mass is 629 g/mol. The summed E-state index contributed by atoms with van der Waals surface area (Å²) in [6.07, 6.45) is -6.28. The lowest BCUT2D eigenvalue weighted by atomic mass is 9.90. The minimum absolute atomic E-state index is 0.0702. The van der Waals surface area contributed by atoms with E-state index in [0.29, 0.717) is 11.5 Å². The molecular weight excluding hydrogens is 587 g/mol. The van der Waals surface area contributed by atoms with E-state index >= 15 is 0 Å². The zero-order chi connectivity index (χ0) is 32.5. The number of ether oxygens (including phenoxy) is 4. The van der Waals surface area contributed by atoms with Crippen LogP contribution >= 0.6 is 11.8 Å². The van der Waals surface area contributed by atoms with E-state index < -0.39 is 47.5 Å². The van der Waals surface area contributed by atoms with Crippen molar-refractivity contribution in [1.29, 1.82) is 0 Å². The van der Waals surface area contributed by atoms with Gasteiger partial charge in [0.05, 0.1) is 7.11 Å². The van der Waals surface area contributed by atoms with E-state index in [1.807, 2.05) is 12.1 Å². The van der Waals surface area contributed by atoms with Crippen LogP contribution in [0.15, 0.2) is 48.5 Å². The van der Waals surface area contributed by atoms with Gasteiger partial charge in [-0.2, -0.15) is 24.9 Å². The molecule has 2 rings (SSSR count). The Bertz CT molecular complexity index is 1180. The molecule has 0 heterocycles. The summed E-state index contributed by atoms with van der Waals surface area (Å²) in [7, 11) is 1.56. The topological polar surface area (TPSA) is 103 Å². The molecule has 0 saturated carbocycles. The van der Waals surface area contributed by atoms with Crippen molar-refractivity contribution in [3.05, 3.63) is 59.7 Å². The van der Waals surface area contributed by atoms with Gasteiger partial charge in [-0.05, 0) is 101 Å². The number of alkyl carbamates (subject to hydrolysis) is 1. The molecule has 240 valence electrons. The number of methoxy groups -OCH3 is 1. The fourth-order valence-electron chi connectivity index (χ4n) is 3.76. The minimum Gasteiger partial charge on any atom is -0.497 e. The lowest BCUT2D eigenvalue weighted by molar-refractivity contribution is -0.267. The van der Waals surface area contributed by atoms with Crippen molar-refractivity contribution in [2.45, 2.75) is 90.0 Å². The molecule has 1 unspecified atom stereocenters. The van der Waals surface area contributed by atoms with Crippen molar-refractivity contribution < 1.29 is 46.8 Å². The number of benzene rings is 2. The molecule has 43 heavy (non-hydrogen) atoms. The van der Waals surface area contributed by atoms with Gasteiger partial charge in [0, 0.05) is 0 Å². The van der Waals surface area contributed by atoms with Crippen molar-refractivity contribution in [1.82, 2.24) is 5.32 Å². The summed E-state index contributed by atoms with van der Waals surface area (Å²) < 4.78 is 63.6. The maximum atomic E-state index is 14.1. The lowest BCUT2D eigenvalue weighted by Crippen LogP contribution is -2.46. The smallest absolute Gasteiger partial charge is 0.421 e. The molecule has 2 aromatic rings. The lowest BCUT2D eigenvalue weighted by Gasteiger charge is -2.31. The number of amides is 1. The Kier molecular flexibility index (Phi) is 12.6. The Morgan fingerprint density at radius 1 is 0.860 bits per heavy atom. The molecule has 0 aromatic heterocycles. The van der Waals surface area contributed by atoms with Crippen molar-refractivity contribution in [2.75, 3.05) is 18.6 Å². The third-order valence-electron chi connectivity index (χ3n) is 5.91. The van der Waals surface area contributed by atoms with Crippen LogP contribution in [0, 0.1) is 0 Å². The number of hydrogen-bond acceptors (Lipinski definition) is 8. The van der Waals surface area contributed by atoms with Gasteiger partial charge >= 0.3 is 18.2 Å². The van der Waals surface area contributed by atoms with E-state index in [1.54, 1.807) is 60.8 Å². The maximum Gasteiger partial charge on any atom is 0.421 e. The molecule has 0 spiro atoms. The predicted molar refractivity (Wildman–Crippen MR) is 159 cm³/mol. The molecule has 2 aromatic carbocycles. The first-order valence-corrected chi connectivity index (χ1v) is 14.9. The zero-order valence-corrected chi connectivity index (χ0v) is 26.5. The standard InChI is InChI=1S/C31H42F3NO7S/c1-28(2,3)41-26(36)25(35-27(37)42-29(4,5)6)16-18-43-19-17-30(38,31(32,33)34)22-10-14-24(15-11-22)40-20-21-8-12-23(39-7)13-9-21/h8-15,25,38H,16-20H2,1-7H3,(H,35,37)/t25-,30?/m0/s1. The fraction of sp³-hybridized carbons (Fsp3) is 0.548. The van der Waals surface area contributed by atoms with Gasteiger partial charge in [0.25, 0.3) is 0 Å². The molecule has 0 aliphatic heterocycles. The van der Waals surface area contributed by atoms with Gasteiger partial charge in [0.15, 0.2) is 5.60 Å². The van der Waals surface area contributed by atoms with Crippen LogP contribution in [-0.4, -0.2) is 59.2 Å². The number of carbonyl (C=O) groups is 2. The number of halogens is 3. The number of rotatable bonds is 13. The Morgan fingerprint density at radius 2 is 1.42 bits per heavy atom. The predicted octanol–water partition coefficient (Wildman–Crippen LogP) is 6.77. The Morgan fingerprint density at radius 3 is 1.93 bits per heavy atom. The first-order valence-electron chi connectivity index (χ1n) is 13.8. The van der Waals surface area contributed by atoms with Gasteiger partial charge in [-0.25, -0.2) is 9.59 Å². The molecule has 0 radical (unpaired) electrons. The first kappa shape index (κ1) is 36.1. The average Bonchev–Trinajstić information content (AvgIpc) is 2.88. The van der Waals surface area contributed by atoms with Gasteiger partial charge in [-0.1, -0.05) is 24.3 Å². The molecule has 0 aliphatic carbocycles. The average molecular weight is 630 g/mol. The molecule has 0 fully saturated rings. The van der Waals surface area contributed by atoms with Gasteiger partial charge < -0.3 is 29.4 Å². The minimum atomic E-state index is -4.93. The van der Waals surface area contributed by atoms with Crippen LogP contribution in [0.2, 0.25) is 0 Å². The van der Waals surface area contributed by atoms with Crippen LogP contribution in [0.1, 0.15) is 65.5 Å². The van der Waals surface area contributed by atoms with E-state index in [4.69, 9.17) is 18.9 Å². The summed E-state index contributed by atoms with van der Waals surface area (Å²) in [5.74, 6) is 0.507. The number of nitrogens with one attached hydrogen (secondary N) is 1. The summed E-state index contributed by atoms with van der Waals surface area (Å²) >= 11 is 1.11. The van der Waals surface area contributed by atoms with Gasteiger partial charge in [-0.15, -0.1) is 0 Å². The number of carbonyl (C=O) groups excluding carboxylic acids is 2. The summed E-state index contributed by atoms with van der Waals surface area (Å²) in [6, 6.07) is 11.3. The van der Waals surface area contributed by atoms with Crippen LogP contribution in [0.5, 0.6) is 11.5 Å². The SMILES string of the molecule is COc1ccc(COc2ccc(C(O)(CCSCC[C@H](NC(=O)OC(C)(C)C)C(=O)OC(C)(C)C)C(F)(F)F)cc2)cc1. The van der Waals surface area contributed by atoms with Crippen LogP contribution in [0.4, 0.5) is 18.0 Å². The highest BCUT2D eigenvalue weighted by Crippen LogP contribution is 2.42. The number of thioether (sulfide) groups is 1. The molecule has 12 heteroatoms. The number of aliphatic hydroxyl groups is 1. The van der Waals surface area contributed by atoms with Crippen LogP contribution in [0.3, 0.4) is 0 Å². The number of esters is 1. The molecule has 0 saturated heterocycles. The highest BCUT2D eigenvalue weighted by atomic mass is 32.2. The molecule has 2 atom stereocenters. The van der Waals surface area contributed by atoms with Crippen molar-refractivity contribution in [3.8, 4) is 11.5 Å². The molecular formula is C31H42F3NO7S. The second-order valence-electron chi connectivity index (χ2n) is 11.9. The largest absolute Gasteiger partial charge is 0.497 e. The third kappa shape index (κ3) is 12.2. The summed E-state index contributed by atoms with van der Waals surface area (Å²) in [4.78, 5) is 24.9. The van der Waals surface area contributed by atoms with E-state index in [1.165, 1.54) is 24.3 Å². The molecule has 0 bridgehead atoms. The second-order valence-corrected chi connectivity index (χ2v) is 13.1. The highest BCUT2D eigenvalue weighted by molar-refractivity contribution is 7.99. The van der Waals surface area contributed by atoms with Crippen LogP contribution in [-0.2, 0) is 26.5 Å². The zero-order valence-electron chi connectivity index (χ0n) is 25.7. The van der Waals surface area contributed by atoms with Crippen LogP contribution in [0.25, 0.3) is 0 Å². The second kappa shape index (κ2) is 15.1. The quantitative estimate of drug-likeness (QED) is 0.185. The van der Waals surface area contributed by atoms with E-state index in [0.717, 1.165) is 17.3 Å². The highest BCUT2D eigenvalue weighted by Gasteiger charge is 2.54. The summed E-state index contributed by atoms with van der Waals surface area (Å²) in [5, 5.41) is 13.3.